The Morgan fingerprint density at radius 2 is 1.87 bits per heavy atom. The van der Waals surface area contributed by atoms with Crippen LogP contribution in [-0.2, 0) is 4.74 Å². The summed E-state index contributed by atoms with van der Waals surface area (Å²) < 4.78 is 6.99. The minimum atomic E-state index is -0.443. The van der Waals surface area contributed by atoms with Gasteiger partial charge in [-0.2, -0.15) is 0 Å². The van der Waals surface area contributed by atoms with Crippen LogP contribution in [-0.4, -0.2) is 22.6 Å². The lowest BCUT2D eigenvalue weighted by atomic mass is 10.1. The van der Waals surface area contributed by atoms with Gasteiger partial charge in [-0.05, 0) is 54.6 Å². The fourth-order valence-electron chi connectivity index (χ4n) is 3.70. The van der Waals surface area contributed by atoms with Gasteiger partial charge >= 0.3 is 5.97 Å². The zero-order chi connectivity index (χ0) is 21.4. The van der Waals surface area contributed by atoms with Crippen molar-refractivity contribution in [3.05, 3.63) is 95.8 Å². The predicted octanol–water partition coefficient (Wildman–Crippen LogP) is 6.36. The van der Waals surface area contributed by atoms with Crippen LogP contribution in [0.4, 0.5) is 11.4 Å². The van der Waals surface area contributed by atoms with Crippen molar-refractivity contribution in [3.8, 4) is 5.69 Å². The number of carbonyl (C=O) groups excluding carboxylic acids is 1. The first-order chi connectivity index (χ1) is 15.1. The molecule has 6 heteroatoms. The van der Waals surface area contributed by atoms with Gasteiger partial charge in [0.25, 0.3) is 0 Å². The Hall–Kier alpha value is -3.83. The average molecular weight is 428 g/mol. The van der Waals surface area contributed by atoms with E-state index in [2.05, 4.69) is 33.1 Å². The molecule has 0 radical (unpaired) electrons. The molecule has 3 aromatic carbocycles. The number of hydrogen-bond donors (Lipinski definition) is 1. The number of pyridine rings is 1. The molecule has 5 aromatic rings. The highest BCUT2D eigenvalue weighted by Gasteiger charge is 2.13. The Labute approximate surface area is 183 Å². The van der Waals surface area contributed by atoms with Gasteiger partial charge in [-0.3, -0.25) is 4.98 Å². The van der Waals surface area contributed by atoms with Crippen molar-refractivity contribution < 1.29 is 9.53 Å². The average Bonchev–Trinajstić information content (AvgIpc) is 3.22. The maximum atomic E-state index is 12.1. The number of aromatic nitrogens is 2. The van der Waals surface area contributed by atoms with Crippen LogP contribution in [0.5, 0.6) is 0 Å². The van der Waals surface area contributed by atoms with Crippen LogP contribution in [0.15, 0.2) is 85.2 Å². The highest BCUT2D eigenvalue weighted by molar-refractivity contribution is 6.31. The van der Waals surface area contributed by atoms with E-state index in [0.29, 0.717) is 16.3 Å². The van der Waals surface area contributed by atoms with Gasteiger partial charge in [0.05, 0.1) is 41.3 Å². The van der Waals surface area contributed by atoms with E-state index in [1.807, 2.05) is 48.8 Å². The smallest absolute Gasteiger partial charge is 0.340 e. The molecule has 0 aliphatic heterocycles. The summed E-state index contributed by atoms with van der Waals surface area (Å²) in [6.45, 7) is 0. The van der Waals surface area contributed by atoms with E-state index in [1.165, 1.54) is 7.11 Å². The number of ether oxygens (including phenoxy) is 1. The van der Waals surface area contributed by atoms with E-state index in [4.69, 9.17) is 16.3 Å². The summed E-state index contributed by atoms with van der Waals surface area (Å²) in [5.74, 6) is -0.443. The van der Waals surface area contributed by atoms with Crippen molar-refractivity contribution in [2.75, 3.05) is 12.4 Å². The second-order valence-corrected chi connectivity index (χ2v) is 7.59. The van der Waals surface area contributed by atoms with Crippen LogP contribution >= 0.6 is 11.6 Å². The number of anilines is 2. The highest BCUT2D eigenvalue weighted by Crippen LogP contribution is 2.29. The molecule has 0 atom stereocenters. The Bertz CT molecular complexity index is 1440. The molecular formula is C25H18ClN3O2. The zero-order valence-electron chi connectivity index (χ0n) is 16.7. The van der Waals surface area contributed by atoms with Gasteiger partial charge in [0.2, 0.25) is 0 Å². The van der Waals surface area contributed by atoms with E-state index in [1.54, 1.807) is 18.2 Å². The highest BCUT2D eigenvalue weighted by atomic mass is 35.5. The number of benzene rings is 3. The van der Waals surface area contributed by atoms with E-state index in [-0.39, 0.29) is 0 Å². The fourth-order valence-corrected chi connectivity index (χ4v) is 3.87. The minimum Gasteiger partial charge on any atom is -0.465 e. The predicted molar refractivity (Wildman–Crippen MR) is 125 cm³/mol. The van der Waals surface area contributed by atoms with E-state index in [0.717, 1.165) is 33.2 Å². The summed E-state index contributed by atoms with van der Waals surface area (Å²) in [5, 5.41) is 5.93. The fraction of sp³-hybridized carbons (Fsp3) is 0.0400. The minimum absolute atomic E-state index is 0.384. The van der Waals surface area contributed by atoms with Crippen molar-refractivity contribution in [1.82, 2.24) is 9.55 Å². The lowest BCUT2D eigenvalue weighted by Crippen LogP contribution is -2.05. The van der Waals surface area contributed by atoms with E-state index < -0.39 is 5.97 Å². The summed E-state index contributed by atoms with van der Waals surface area (Å²) in [4.78, 5) is 16.7. The van der Waals surface area contributed by atoms with Crippen LogP contribution in [0.2, 0.25) is 5.02 Å². The van der Waals surface area contributed by atoms with Gasteiger partial charge in [0, 0.05) is 27.7 Å². The first-order valence-corrected chi connectivity index (χ1v) is 10.1. The molecule has 5 nitrogen and oxygen atoms in total. The first kappa shape index (κ1) is 19.2. The molecular weight excluding hydrogens is 410 g/mol. The van der Waals surface area contributed by atoms with Gasteiger partial charge < -0.3 is 14.6 Å². The molecule has 0 aliphatic carbocycles. The van der Waals surface area contributed by atoms with Gasteiger partial charge in [-0.1, -0.05) is 29.8 Å². The molecule has 0 spiro atoms. The topological polar surface area (TPSA) is 56.1 Å². The summed E-state index contributed by atoms with van der Waals surface area (Å²) in [6, 6.07) is 23.4. The Morgan fingerprint density at radius 3 is 2.74 bits per heavy atom. The SMILES string of the molecule is COC(=O)c1cc(Cl)ccc1Nc1ccc2c(ccn2-c2cnc3ccccc3c2)c1. The van der Waals surface area contributed by atoms with Gasteiger partial charge in [0.15, 0.2) is 0 Å². The summed E-state index contributed by atoms with van der Waals surface area (Å²) in [5.41, 5.74) is 4.91. The van der Waals surface area contributed by atoms with Crippen LogP contribution in [0.1, 0.15) is 10.4 Å². The number of nitrogens with one attached hydrogen (secondary N) is 1. The van der Waals surface area contributed by atoms with Crippen molar-refractivity contribution in [2.45, 2.75) is 0 Å². The third kappa shape index (κ3) is 3.60. The molecule has 0 unspecified atom stereocenters. The number of rotatable bonds is 4. The lowest BCUT2D eigenvalue weighted by Gasteiger charge is -2.12. The molecule has 0 aliphatic rings. The first-order valence-electron chi connectivity index (χ1n) is 9.73. The monoisotopic (exact) mass is 427 g/mol. The maximum absolute atomic E-state index is 12.1. The van der Waals surface area contributed by atoms with Crippen molar-refractivity contribution in [3.63, 3.8) is 0 Å². The number of carbonyl (C=O) groups is 1. The quantitative estimate of drug-likeness (QED) is 0.339. The molecule has 152 valence electrons. The molecule has 1 N–H and O–H groups in total. The molecule has 2 heterocycles. The number of halogens is 1. The van der Waals surface area contributed by atoms with Crippen molar-refractivity contribution in [1.29, 1.82) is 0 Å². The molecule has 5 rings (SSSR count). The number of esters is 1. The van der Waals surface area contributed by atoms with Gasteiger partial charge in [-0.15, -0.1) is 0 Å². The maximum Gasteiger partial charge on any atom is 0.340 e. The molecule has 0 saturated heterocycles. The largest absolute Gasteiger partial charge is 0.465 e. The van der Waals surface area contributed by atoms with Crippen LogP contribution in [0, 0.1) is 0 Å². The number of fused-ring (bicyclic) bond motifs is 2. The molecule has 2 aromatic heterocycles. The summed E-state index contributed by atoms with van der Waals surface area (Å²) in [6.07, 6.45) is 3.91. The third-order valence-corrected chi connectivity index (χ3v) is 5.45. The summed E-state index contributed by atoms with van der Waals surface area (Å²) >= 11 is 6.05. The normalized spacial score (nSPS) is 11.0. The van der Waals surface area contributed by atoms with E-state index >= 15 is 0 Å². The Morgan fingerprint density at radius 1 is 1.00 bits per heavy atom. The zero-order valence-corrected chi connectivity index (χ0v) is 17.4. The summed E-state index contributed by atoms with van der Waals surface area (Å²) in [7, 11) is 1.35. The van der Waals surface area contributed by atoms with Gasteiger partial charge in [-0.25, -0.2) is 4.79 Å². The number of nitrogens with zero attached hydrogens (tertiary/aromatic N) is 2. The number of hydrogen-bond acceptors (Lipinski definition) is 4. The Kier molecular flexibility index (Phi) is 4.81. The molecule has 31 heavy (non-hydrogen) atoms. The van der Waals surface area contributed by atoms with Crippen LogP contribution in [0.3, 0.4) is 0 Å². The number of methoxy groups -OCH3 is 1. The van der Waals surface area contributed by atoms with Crippen LogP contribution in [0.25, 0.3) is 27.5 Å². The Balaban J connectivity index is 1.51. The van der Waals surface area contributed by atoms with Crippen molar-refractivity contribution >= 4 is 50.8 Å². The molecule has 0 fully saturated rings. The second-order valence-electron chi connectivity index (χ2n) is 7.15. The van der Waals surface area contributed by atoms with Crippen molar-refractivity contribution in [2.24, 2.45) is 0 Å². The molecule has 0 bridgehead atoms. The van der Waals surface area contributed by atoms with E-state index in [9.17, 15) is 4.79 Å². The standard InChI is InChI=1S/C25H18ClN3O2/c1-31-25(30)21-14-18(26)6-8-23(21)28-19-7-9-24-17(12-19)10-11-29(24)20-13-16-4-2-3-5-22(16)27-15-20/h2-15,28H,1H3. The lowest BCUT2D eigenvalue weighted by molar-refractivity contribution is 0.0602. The second kappa shape index (κ2) is 7.78. The number of para-hydroxylation sites is 1. The van der Waals surface area contributed by atoms with Gasteiger partial charge in [0.1, 0.15) is 0 Å². The molecule has 0 amide bonds. The van der Waals surface area contributed by atoms with Crippen LogP contribution < -0.4 is 5.32 Å². The third-order valence-electron chi connectivity index (χ3n) is 5.21. The molecule has 0 saturated carbocycles.